The average Bonchev–Trinajstić information content (AvgIpc) is 3.50. The summed E-state index contributed by atoms with van der Waals surface area (Å²) >= 11 is 0. The van der Waals surface area contributed by atoms with E-state index in [1.54, 1.807) is 10.8 Å². The van der Waals surface area contributed by atoms with Crippen molar-refractivity contribution in [3.8, 4) is 0 Å². The maximum Gasteiger partial charge on any atom is 0.270 e. The molecule has 1 aliphatic rings. The molecule has 1 unspecified atom stereocenters. The van der Waals surface area contributed by atoms with E-state index in [0.717, 1.165) is 0 Å². The van der Waals surface area contributed by atoms with Gasteiger partial charge in [0.25, 0.3) is 23.2 Å². The molecule has 1 atom stereocenters. The molecule has 0 radical (unpaired) electrons. The molecule has 1 aliphatic heterocycles. The van der Waals surface area contributed by atoms with Gasteiger partial charge in [0.15, 0.2) is 0 Å². The summed E-state index contributed by atoms with van der Waals surface area (Å²) in [5, 5.41) is 36.5. The van der Waals surface area contributed by atoms with Crippen molar-refractivity contribution in [3.63, 3.8) is 0 Å². The van der Waals surface area contributed by atoms with Crippen LogP contribution >= 0.6 is 0 Å². The molecule has 4 aromatic rings. The highest BCUT2D eigenvalue weighted by atomic mass is 16.6. The number of amides is 2. The number of imide groups is 1. The molecule has 3 heterocycles. The van der Waals surface area contributed by atoms with Crippen molar-refractivity contribution >= 4 is 56.1 Å². The Morgan fingerprint density at radius 2 is 1.55 bits per heavy atom. The fourth-order valence-corrected chi connectivity index (χ4v) is 4.85. The average molecular weight is 518 g/mol. The van der Waals surface area contributed by atoms with Crippen LogP contribution in [0.25, 0.3) is 33.0 Å². The van der Waals surface area contributed by atoms with E-state index in [9.17, 15) is 34.9 Å². The number of aromatic nitrogens is 2. The number of carbonyl (C=O) groups is 2. The van der Waals surface area contributed by atoms with Crippen molar-refractivity contribution in [2.24, 2.45) is 0 Å². The number of hydrogen-bond donors (Lipinski definition) is 3. The monoisotopic (exact) mass is 518 g/mol. The summed E-state index contributed by atoms with van der Waals surface area (Å²) in [4.78, 5) is 52.7. The second-order valence-electron chi connectivity index (χ2n) is 9.29. The Balaban J connectivity index is 1.77. The Labute approximate surface area is 214 Å². The molecule has 2 aromatic carbocycles. The van der Waals surface area contributed by atoms with Gasteiger partial charge in [-0.2, -0.15) is 0 Å². The predicted octanol–water partition coefficient (Wildman–Crippen LogP) is 2.43. The SMILES string of the molecule is CN(C)CC(O)Cn1cc(C2=C(c3c[nH]c4ccc([N+](=O)[O-])cc34)C(=O)NC2=O)c2cc([N+](=O)[O-])ccc21. The summed E-state index contributed by atoms with van der Waals surface area (Å²) in [6, 6.07) is 8.32. The van der Waals surface area contributed by atoms with Crippen LogP contribution in [0.2, 0.25) is 0 Å². The second-order valence-corrected chi connectivity index (χ2v) is 9.29. The van der Waals surface area contributed by atoms with E-state index in [4.69, 9.17) is 0 Å². The third kappa shape index (κ3) is 4.19. The van der Waals surface area contributed by atoms with Crippen molar-refractivity contribution in [1.29, 1.82) is 0 Å². The molecule has 0 bridgehead atoms. The normalized spacial score (nSPS) is 14.6. The molecule has 0 aliphatic carbocycles. The highest BCUT2D eigenvalue weighted by molar-refractivity contribution is 6.50. The van der Waals surface area contributed by atoms with Crippen molar-refractivity contribution in [1.82, 2.24) is 19.8 Å². The lowest BCUT2D eigenvalue weighted by Crippen LogP contribution is -2.29. The zero-order valence-electron chi connectivity index (χ0n) is 20.3. The van der Waals surface area contributed by atoms with E-state index in [1.165, 1.54) is 42.6 Å². The van der Waals surface area contributed by atoms with E-state index in [2.05, 4.69) is 10.3 Å². The first-order valence-electron chi connectivity index (χ1n) is 11.5. The van der Waals surface area contributed by atoms with Crippen LogP contribution in [-0.2, 0) is 16.1 Å². The van der Waals surface area contributed by atoms with Crippen LogP contribution in [-0.4, -0.2) is 68.0 Å². The smallest absolute Gasteiger partial charge is 0.270 e. The highest BCUT2D eigenvalue weighted by Crippen LogP contribution is 2.39. The number of aliphatic hydroxyl groups excluding tert-OH is 1. The minimum Gasteiger partial charge on any atom is -0.390 e. The minimum atomic E-state index is -0.787. The first-order chi connectivity index (χ1) is 18.0. The number of nitro groups is 2. The molecular weight excluding hydrogens is 496 g/mol. The zero-order valence-corrected chi connectivity index (χ0v) is 20.3. The molecule has 2 amide bonds. The van der Waals surface area contributed by atoms with Crippen molar-refractivity contribution in [3.05, 3.63) is 80.1 Å². The number of benzene rings is 2. The number of H-pyrrole nitrogens is 1. The fraction of sp³-hybridized carbons (Fsp3) is 0.200. The van der Waals surface area contributed by atoms with Gasteiger partial charge in [0.05, 0.1) is 27.1 Å². The lowest BCUT2D eigenvalue weighted by molar-refractivity contribution is -0.384. The number of likely N-dealkylation sites (N-methyl/N-ethyl adjacent to an activating group) is 1. The van der Waals surface area contributed by atoms with Gasteiger partial charge in [0.2, 0.25) is 0 Å². The third-order valence-corrected chi connectivity index (χ3v) is 6.40. The number of carbonyl (C=O) groups excluding carboxylic acids is 2. The maximum atomic E-state index is 13.1. The molecule has 5 rings (SSSR count). The summed E-state index contributed by atoms with van der Waals surface area (Å²) in [6.45, 7) is 0.479. The van der Waals surface area contributed by atoms with Gasteiger partial charge in [-0.15, -0.1) is 0 Å². The molecule has 2 aromatic heterocycles. The van der Waals surface area contributed by atoms with Gasteiger partial charge < -0.3 is 19.6 Å². The van der Waals surface area contributed by atoms with Gasteiger partial charge in [0, 0.05) is 82.7 Å². The molecule has 0 fully saturated rings. The number of hydrogen-bond acceptors (Lipinski definition) is 8. The fourth-order valence-electron chi connectivity index (χ4n) is 4.85. The Morgan fingerprint density at radius 1 is 0.947 bits per heavy atom. The Kier molecular flexibility index (Phi) is 6.01. The summed E-state index contributed by atoms with van der Waals surface area (Å²) in [5.41, 5.74) is 1.16. The number of nitrogens with one attached hydrogen (secondary N) is 2. The topological polar surface area (TPSA) is 177 Å². The number of nitrogens with zero attached hydrogens (tertiary/aromatic N) is 4. The molecule has 3 N–H and O–H groups in total. The van der Waals surface area contributed by atoms with E-state index >= 15 is 0 Å². The van der Waals surface area contributed by atoms with Crippen LogP contribution < -0.4 is 5.32 Å². The predicted molar refractivity (Wildman–Crippen MR) is 138 cm³/mol. The van der Waals surface area contributed by atoms with Crippen LogP contribution in [0, 0.1) is 20.2 Å². The van der Waals surface area contributed by atoms with Crippen LogP contribution in [0.5, 0.6) is 0 Å². The van der Waals surface area contributed by atoms with Crippen LogP contribution in [0.3, 0.4) is 0 Å². The van der Waals surface area contributed by atoms with E-state index in [-0.39, 0.29) is 40.2 Å². The lowest BCUT2D eigenvalue weighted by Gasteiger charge is -2.17. The number of aliphatic hydroxyl groups is 1. The molecule has 13 nitrogen and oxygen atoms in total. The van der Waals surface area contributed by atoms with Gasteiger partial charge in [0.1, 0.15) is 0 Å². The van der Waals surface area contributed by atoms with Crippen LogP contribution in [0.4, 0.5) is 11.4 Å². The highest BCUT2D eigenvalue weighted by Gasteiger charge is 2.35. The zero-order chi connectivity index (χ0) is 27.3. The standard InChI is InChI=1S/C25H22N6O7/c1-28(2)10-15(32)11-29-12-19(17-8-14(31(37)38)4-6-21(17)29)23-22(24(33)27-25(23)34)18-9-26-20-5-3-13(30(35)36)7-16(18)20/h3-9,12,15,26,32H,10-11H2,1-2H3,(H,27,33,34). The van der Waals surface area contributed by atoms with E-state index < -0.39 is 27.8 Å². The quantitative estimate of drug-likeness (QED) is 0.181. The Bertz CT molecular complexity index is 1700. The number of nitro benzene ring substituents is 2. The number of aromatic amines is 1. The summed E-state index contributed by atoms with van der Waals surface area (Å²) < 4.78 is 1.68. The largest absolute Gasteiger partial charge is 0.390 e. The van der Waals surface area contributed by atoms with Gasteiger partial charge in [-0.1, -0.05) is 0 Å². The second kappa shape index (κ2) is 9.21. The molecular formula is C25H22N6O7. The van der Waals surface area contributed by atoms with E-state index in [0.29, 0.717) is 28.4 Å². The van der Waals surface area contributed by atoms with Gasteiger partial charge in [-0.3, -0.25) is 35.1 Å². The molecule has 13 heteroatoms. The summed E-state index contributed by atoms with van der Waals surface area (Å²) in [6.07, 6.45) is 2.29. The van der Waals surface area contributed by atoms with Gasteiger partial charge in [-0.25, -0.2) is 0 Å². The van der Waals surface area contributed by atoms with E-state index in [1.807, 2.05) is 19.0 Å². The Morgan fingerprint density at radius 3 is 2.18 bits per heavy atom. The number of rotatable bonds is 8. The van der Waals surface area contributed by atoms with Gasteiger partial charge >= 0.3 is 0 Å². The number of fused-ring (bicyclic) bond motifs is 2. The third-order valence-electron chi connectivity index (χ3n) is 6.40. The van der Waals surface area contributed by atoms with Crippen LogP contribution in [0.1, 0.15) is 11.1 Å². The van der Waals surface area contributed by atoms with Crippen molar-refractivity contribution in [2.75, 3.05) is 20.6 Å². The maximum absolute atomic E-state index is 13.1. The van der Waals surface area contributed by atoms with Crippen LogP contribution in [0.15, 0.2) is 48.8 Å². The van der Waals surface area contributed by atoms with Crippen molar-refractivity contribution < 1.29 is 24.5 Å². The molecule has 0 spiro atoms. The molecule has 0 saturated heterocycles. The first kappa shape index (κ1) is 24.8. The molecule has 38 heavy (non-hydrogen) atoms. The minimum absolute atomic E-state index is 0.0128. The van der Waals surface area contributed by atoms with Gasteiger partial charge in [-0.05, 0) is 26.2 Å². The first-order valence-corrected chi connectivity index (χ1v) is 11.5. The molecule has 194 valence electrons. The lowest BCUT2D eigenvalue weighted by atomic mass is 9.95. The number of non-ortho nitro benzene ring substituents is 2. The van der Waals surface area contributed by atoms with Crippen molar-refractivity contribution in [2.45, 2.75) is 12.6 Å². The molecule has 0 saturated carbocycles. The summed E-state index contributed by atoms with van der Waals surface area (Å²) in [5.74, 6) is -1.40. The summed E-state index contributed by atoms with van der Waals surface area (Å²) in [7, 11) is 3.62. The Hall–Kier alpha value is -4.88.